The summed E-state index contributed by atoms with van der Waals surface area (Å²) >= 11 is 0. The largest absolute Gasteiger partial charge is 0.394 e. The van der Waals surface area contributed by atoms with Crippen molar-refractivity contribution in [2.45, 2.75) is 27.2 Å². The van der Waals surface area contributed by atoms with Crippen LogP contribution in [-0.2, 0) is 0 Å². The Morgan fingerprint density at radius 3 is 2.73 bits per heavy atom. The summed E-state index contributed by atoms with van der Waals surface area (Å²) in [6.07, 6.45) is 1.20. The van der Waals surface area contributed by atoms with Crippen LogP contribution in [0, 0.1) is 5.41 Å². The van der Waals surface area contributed by atoms with Gasteiger partial charge in [0.2, 0.25) is 0 Å². The molecule has 0 amide bonds. The zero-order chi connectivity index (χ0) is 11.3. The monoisotopic (exact) mass is 213 g/mol. The molecule has 4 nitrogen and oxygen atoms in total. The van der Waals surface area contributed by atoms with E-state index in [1.165, 1.54) is 6.42 Å². The first kappa shape index (κ1) is 12.3. The molecule has 0 aromatic carbocycles. The number of rotatable bonds is 3. The van der Waals surface area contributed by atoms with Gasteiger partial charge in [-0.15, -0.1) is 0 Å². The van der Waals surface area contributed by atoms with E-state index < -0.39 is 0 Å². The second-order valence-corrected chi connectivity index (χ2v) is 4.80. The van der Waals surface area contributed by atoms with Crippen molar-refractivity contribution in [3.8, 4) is 0 Å². The third-order valence-corrected chi connectivity index (χ3v) is 2.67. The van der Waals surface area contributed by atoms with Gasteiger partial charge in [-0.1, -0.05) is 13.8 Å². The quantitative estimate of drug-likeness (QED) is 0.535. The number of hydrogen-bond donors (Lipinski definition) is 2. The molecule has 1 aliphatic rings. The topological polar surface area (TPSA) is 47.9 Å². The molecule has 1 saturated heterocycles. The predicted octanol–water partition coefficient (Wildman–Crippen LogP) is 0.676. The Balaban J connectivity index is 2.57. The second kappa shape index (κ2) is 5.35. The predicted molar refractivity (Wildman–Crippen MR) is 63.0 cm³/mol. The summed E-state index contributed by atoms with van der Waals surface area (Å²) in [5.41, 5.74) is 0.384. The van der Waals surface area contributed by atoms with Crippen molar-refractivity contribution in [3.63, 3.8) is 0 Å². The minimum Gasteiger partial charge on any atom is -0.394 e. The molecule has 1 heterocycles. The van der Waals surface area contributed by atoms with Gasteiger partial charge >= 0.3 is 0 Å². The van der Waals surface area contributed by atoms with Crippen molar-refractivity contribution in [2.24, 2.45) is 10.4 Å². The van der Waals surface area contributed by atoms with Crippen LogP contribution in [0.4, 0.5) is 0 Å². The summed E-state index contributed by atoms with van der Waals surface area (Å²) in [6.45, 7) is 10.2. The average Bonchev–Trinajstić information content (AvgIpc) is 2.53. The lowest BCUT2D eigenvalue weighted by Crippen LogP contribution is -2.40. The van der Waals surface area contributed by atoms with Crippen LogP contribution in [0.2, 0.25) is 0 Å². The minimum absolute atomic E-state index is 0.117. The summed E-state index contributed by atoms with van der Waals surface area (Å²) in [5, 5.41) is 12.0. The van der Waals surface area contributed by atoms with Crippen molar-refractivity contribution >= 4 is 5.96 Å². The van der Waals surface area contributed by atoms with Gasteiger partial charge < -0.3 is 15.3 Å². The molecule has 4 heteroatoms. The third kappa shape index (κ3) is 3.70. The van der Waals surface area contributed by atoms with Crippen LogP contribution in [-0.4, -0.2) is 48.8 Å². The number of aliphatic imine (C=N–C) groups is 1. The van der Waals surface area contributed by atoms with E-state index in [9.17, 15) is 0 Å². The van der Waals surface area contributed by atoms with Gasteiger partial charge in [0.25, 0.3) is 0 Å². The molecule has 0 spiro atoms. The van der Waals surface area contributed by atoms with E-state index in [0.29, 0.717) is 12.0 Å². The SMILES string of the molecule is CCNC(=NCCO)N1CCC(C)(C)C1. The Morgan fingerprint density at radius 2 is 2.27 bits per heavy atom. The van der Waals surface area contributed by atoms with Gasteiger partial charge in [-0.3, -0.25) is 4.99 Å². The first-order chi connectivity index (χ1) is 7.09. The number of likely N-dealkylation sites (tertiary alicyclic amines) is 1. The highest BCUT2D eigenvalue weighted by atomic mass is 16.3. The molecule has 0 bridgehead atoms. The highest BCUT2D eigenvalue weighted by Crippen LogP contribution is 2.28. The van der Waals surface area contributed by atoms with Crippen LogP contribution in [0.3, 0.4) is 0 Å². The van der Waals surface area contributed by atoms with Crippen LogP contribution in [0.1, 0.15) is 27.2 Å². The van der Waals surface area contributed by atoms with E-state index in [2.05, 4.69) is 36.0 Å². The molecule has 88 valence electrons. The molecular formula is C11H23N3O. The second-order valence-electron chi connectivity index (χ2n) is 4.80. The number of aliphatic hydroxyl groups excluding tert-OH is 1. The van der Waals surface area contributed by atoms with Crippen LogP contribution < -0.4 is 5.32 Å². The molecule has 0 unspecified atom stereocenters. The van der Waals surface area contributed by atoms with Gasteiger partial charge in [-0.25, -0.2) is 0 Å². The molecule has 0 aliphatic carbocycles. The molecule has 0 aromatic heterocycles. The summed E-state index contributed by atoms with van der Waals surface area (Å²) in [6, 6.07) is 0. The van der Waals surface area contributed by atoms with Crippen molar-refractivity contribution in [2.75, 3.05) is 32.8 Å². The minimum atomic E-state index is 0.117. The maximum Gasteiger partial charge on any atom is 0.194 e. The fraction of sp³-hybridized carbons (Fsp3) is 0.909. The fourth-order valence-electron chi connectivity index (χ4n) is 1.87. The zero-order valence-corrected chi connectivity index (χ0v) is 10.1. The van der Waals surface area contributed by atoms with E-state index in [0.717, 1.165) is 25.6 Å². The number of nitrogens with one attached hydrogen (secondary N) is 1. The van der Waals surface area contributed by atoms with Crippen molar-refractivity contribution < 1.29 is 5.11 Å². The molecule has 1 aliphatic heterocycles. The molecule has 1 fully saturated rings. The van der Waals surface area contributed by atoms with Gasteiger partial charge in [0.05, 0.1) is 13.2 Å². The van der Waals surface area contributed by atoms with E-state index in [1.54, 1.807) is 0 Å². The first-order valence-electron chi connectivity index (χ1n) is 5.73. The van der Waals surface area contributed by atoms with E-state index >= 15 is 0 Å². The van der Waals surface area contributed by atoms with Crippen molar-refractivity contribution in [3.05, 3.63) is 0 Å². The van der Waals surface area contributed by atoms with Gasteiger partial charge in [0.15, 0.2) is 5.96 Å². The average molecular weight is 213 g/mol. The van der Waals surface area contributed by atoms with Gasteiger partial charge in [-0.05, 0) is 18.8 Å². The zero-order valence-electron chi connectivity index (χ0n) is 10.1. The number of guanidine groups is 1. The lowest BCUT2D eigenvalue weighted by Gasteiger charge is -2.23. The first-order valence-corrected chi connectivity index (χ1v) is 5.73. The molecule has 0 atom stereocenters. The van der Waals surface area contributed by atoms with Crippen LogP contribution in [0.25, 0.3) is 0 Å². The summed E-state index contributed by atoms with van der Waals surface area (Å²) in [7, 11) is 0. The molecule has 2 N–H and O–H groups in total. The van der Waals surface area contributed by atoms with Crippen LogP contribution >= 0.6 is 0 Å². The third-order valence-electron chi connectivity index (χ3n) is 2.67. The van der Waals surface area contributed by atoms with Crippen molar-refractivity contribution in [1.82, 2.24) is 10.2 Å². The molecular weight excluding hydrogens is 190 g/mol. The Labute approximate surface area is 92.4 Å². The van der Waals surface area contributed by atoms with E-state index in [-0.39, 0.29) is 6.61 Å². The molecule has 0 radical (unpaired) electrons. The molecule has 0 saturated carbocycles. The van der Waals surface area contributed by atoms with Gasteiger partial charge in [0.1, 0.15) is 0 Å². The van der Waals surface area contributed by atoms with E-state index in [4.69, 9.17) is 5.11 Å². The fourth-order valence-corrected chi connectivity index (χ4v) is 1.87. The molecule has 15 heavy (non-hydrogen) atoms. The lowest BCUT2D eigenvalue weighted by atomic mass is 9.93. The lowest BCUT2D eigenvalue weighted by molar-refractivity contribution is 0.305. The molecule has 0 aromatic rings. The Kier molecular flexibility index (Phi) is 4.39. The number of nitrogens with zero attached hydrogens (tertiary/aromatic N) is 2. The number of aliphatic hydroxyl groups is 1. The smallest absolute Gasteiger partial charge is 0.194 e. The Morgan fingerprint density at radius 1 is 1.53 bits per heavy atom. The van der Waals surface area contributed by atoms with Crippen molar-refractivity contribution in [1.29, 1.82) is 0 Å². The van der Waals surface area contributed by atoms with Gasteiger partial charge in [-0.2, -0.15) is 0 Å². The Bertz CT molecular complexity index is 226. The number of hydrogen-bond acceptors (Lipinski definition) is 2. The standard InChI is InChI=1S/C11H23N3O/c1-4-12-10(13-6-8-15)14-7-5-11(2,3)9-14/h15H,4-9H2,1-3H3,(H,12,13). The highest BCUT2D eigenvalue weighted by Gasteiger charge is 2.30. The Hall–Kier alpha value is -0.770. The maximum atomic E-state index is 8.78. The maximum absolute atomic E-state index is 8.78. The summed E-state index contributed by atoms with van der Waals surface area (Å²) < 4.78 is 0. The summed E-state index contributed by atoms with van der Waals surface area (Å²) in [5.74, 6) is 0.942. The van der Waals surface area contributed by atoms with Crippen LogP contribution in [0.5, 0.6) is 0 Å². The summed E-state index contributed by atoms with van der Waals surface area (Å²) in [4.78, 5) is 6.64. The van der Waals surface area contributed by atoms with E-state index in [1.807, 2.05) is 0 Å². The molecule has 1 rings (SSSR count). The highest BCUT2D eigenvalue weighted by molar-refractivity contribution is 5.80. The van der Waals surface area contributed by atoms with Gasteiger partial charge in [0, 0.05) is 19.6 Å². The normalized spacial score (nSPS) is 20.8. The van der Waals surface area contributed by atoms with Crippen LogP contribution in [0.15, 0.2) is 4.99 Å².